The Hall–Kier alpha value is -0.350. The predicted octanol–water partition coefficient (Wildman–Crippen LogP) is 5.43. The van der Waals surface area contributed by atoms with Crippen molar-refractivity contribution in [3.05, 3.63) is 29.8 Å². The van der Waals surface area contributed by atoms with Gasteiger partial charge in [-0.1, -0.05) is 49.2 Å². The summed E-state index contributed by atoms with van der Waals surface area (Å²) in [6, 6.07) is 7.08. The summed E-state index contributed by atoms with van der Waals surface area (Å²) >= 11 is 25.2. The van der Waals surface area contributed by atoms with Crippen LogP contribution < -0.4 is 4.74 Å². The molecule has 0 aliphatic rings. The van der Waals surface area contributed by atoms with Crippen molar-refractivity contribution >= 4 is 52.4 Å². The number of aliphatic carboxylic acids is 1. The Morgan fingerprint density at radius 3 is 2.13 bits per heavy atom. The maximum atomic E-state index is 10.9. The highest BCUT2D eigenvalue weighted by atomic mass is 35.5. The fraction of sp³-hybridized carbons (Fsp3) is 0.562. The minimum atomic E-state index is -1.19. The summed E-state index contributed by atoms with van der Waals surface area (Å²) in [7, 11) is 1.58. The van der Waals surface area contributed by atoms with Gasteiger partial charge in [-0.05, 0) is 29.5 Å². The van der Waals surface area contributed by atoms with Crippen LogP contribution in [-0.2, 0) is 9.13 Å². The molecule has 1 N–H and O–H groups in total. The molecule has 0 aromatic heterocycles. The molecule has 0 radical (unpaired) electrons. The van der Waals surface area contributed by atoms with Gasteiger partial charge < -0.3 is 9.84 Å². The summed E-state index contributed by atoms with van der Waals surface area (Å²) in [5.41, 5.74) is 0.150. The van der Waals surface area contributed by atoms with Crippen LogP contribution in [0.5, 0.6) is 5.75 Å². The molecule has 2 atom stereocenters. The van der Waals surface area contributed by atoms with Gasteiger partial charge in [-0.25, -0.2) is 0 Å². The predicted molar refractivity (Wildman–Crippen MR) is 96.3 cm³/mol. The molecule has 0 bridgehead atoms. The fourth-order valence-electron chi connectivity index (χ4n) is 2.13. The first-order chi connectivity index (χ1) is 10.5. The number of ether oxygens (including phenoxy) is 1. The maximum Gasteiger partial charge on any atom is 0.321 e. The molecule has 3 nitrogen and oxygen atoms in total. The SMILES string of the molecule is COc1ccc(C(Cl)(Cl)CC(Cl)C(C)(C)CC(Cl)C(=O)O)cc1. The Kier molecular flexibility index (Phi) is 7.34. The van der Waals surface area contributed by atoms with Crippen LogP contribution >= 0.6 is 46.4 Å². The minimum Gasteiger partial charge on any atom is -0.497 e. The molecule has 0 saturated carbocycles. The van der Waals surface area contributed by atoms with E-state index in [1.54, 1.807) is 31.4 Å². The summed E-state index contributed by atoms with van der Waals surface area (Å²) in [5.74, 6) is -0.367. The van der Waals surface area contributed by atoms with E-state index in [0.717, 1.165) is 0 Å². The average molecular weight is 402 g/mol. The summed E-state index contributed by atoms with van der Waals surface area (Å²) in [6.07, 6.45) is 0.463. The molecule has 1 aromatic rings. The number of carboxylic acid groups (broad SMARTS) is 1. The molecule has 0 aliphatic carbocycles. The van der Waals surface area contributed by atoms with Crippen LogP contribution in [0.1, 0.15) is 32.3 Å². The van der Waals surface area contributed by atoms with Crippen molar-refractivity contribution < 1.29 is 14.6 Å². The number of carboxylic acids is 1. The van der Waals surface area contributed by atoms with Crippen molar-refractivity contribution in [2.45, 2.75) is 41.8 Å². The molecule has 0 aliphatic heterocycles. The number of methoxy groups -OCH3 is 1. The molecular weight excluding hydrogens is 382 g/mol. The summed E-state index contributed by atoms with van der Waals surface area (Å²) < 4.78 is 3.91. The van der Waals surface area contributed by atoms with Gasteiger partial charge in [0.05, 0.1) is 7.11 Å². The highest BCUT2D eigenvalue weighted by Crippen LogP contribution is 2.45. The van der Waals surface area contributed by atoms with Crippen molar-refractivity contribution in [3.8, 4) is 5.75 Å². The molecule has 0 amide bonds. The molecule has 2 unspecified atom stereocenters. The third kappa shape index (κ3) is 5.90. The molecule has 23 heavy (non-hydrogen) atoms. The minimum absolute atomic E-state index is 0.213. The lowest BCUT2D eigenvalue weighted by molar-refractivity contribution is -0.137. The van der Waals surface area contributed by atoms with Crippen LogP contribution in [0, 0.1) is 5.41 Å². The van der Waals surface area contributed by atoms with E-state index >= 15 is 0 Å². The monoisotopic (exact) mass is 400 g/mol. The van der Waals surface area contributed by atoms with E-state index in [9.17, 15) is 4.79 Å². The van der Waals surface area contributed by atoms with E-state index in [1.165, 1.54) is 0 Å². The standard InChI is InChI=1S/C16H20Cl4O3/c1-15(2,8-12(17)14(21)22)13(18)9-16(19,20)10-4-6-11(23-3)7-5-10/h4-7,12-13H,8-9H2,1-3H3,(H,21,22). The fourth-order valence-corrected chi connectivity index (χ4v) is 3.57. The molecule has 0 saturated heterocycles. The molecule has 0 heterocycles. The second kappa shape index (κ2) is 8.15. The first-order valence-electron chi connectivity index (χ1n) is 7.03. The highest BCUT2D eigenvalue weighted by molar-refractivity contribution is 6.48. The first kappa shape index (κ1) is 20.7. The van der Waals surface area contributed by atoms with Crippen LogP contribution in [0.2, 0.25) is 0 Å². The Balaban J connectivity index is 2.83. The van der Waals surface area contributed by atoms with Gasteiger partial charge in [-0.15, -0.1) is 23.2 Å². The number of alkyl halides is 4. The number of hydrogen-bond donors (Lipinski definition) is 1. The normalized spacial score (nSPS) is 15.1. The Bertz CT molecular complexity index is 529. The van der Waals surface area contributed by atoms with E-state index in [0.29, 0.717) is 11.3 Å². The quantitative estimate of drug-likeness (QED) is 0.590. The number of hydrogen-bond acceptors (Lipinski definition) is 2. The smallest absolute Gasteiger partial charge is 0.321 e. The number of benzene rings is 1. The average Bonchev–Trinajstić information content (AvgIpc) is 2.46. The van der Waals surface area contributed by atoms with Crippen molar-refractivity contribution in [3.63, 3.8) is 0 Å². The Morgan fingerprint density at radius 2 is 1.70 bits per heavy atom. The molecule has 7 heteroatoms. The second-order valence-corrected chi connectivity index (χ2v) is 8.64. The van der Waals surface area contributed by atoms with Crippen molar-refractivity contribution in [2.24, 2.45) is 5.41 Å². The van der Waals surface area contributed by atoms with Crippen LogP contribution in [0.15, 0.2) is 24.3 Å². The number of carbonyl (C=O) groups is 1. The number of rotatable bonds is 8. The van der Waals surface area contributed by atoms with E-state index in [4.69, 9.17) is 56.2 Å². The molecule has 1 rings (SSSR count). The van der Waals surface area contributed by atoms with Crippen LogP contribution in [0.4, 0.5) is 0 Å². The third-order valence-electron chi connectivity index (χ3n) is 3.77. The summed E-state index contributed by atoms with van der Waals surface area (Å²) in [6.45, 7) is 3.70. The molecule has 0 spiro atoms. The largest absolute Gasteiger partial charge is 0.497 e. The lowest BCUT2D eigenvalue weighted by Crippen LogP contribution is -2.33. The van der Waals surface area contributed by atoms with Gasteiger partial charge in [0.25, 0.3) is 0 Å². The third-order valence-corrected chi connectivity index (χ3v) is 5.60. The van der Waals surface area contributed by atoms with Gasteiger partial charge >= 0.3 is 5.97 Å². The van der Waals surface area contributed by atoms with Gasteiger partial charge in [-0.3, -0.25) is 4.79 Å². The maximum absolute atomic E-state index is 10.9. The topological polar surface area (TPSA) is 46.5 Å². The van der Waals surface area contributed by atoms with Crippen LogP contribution in [0.3, 0.4) is 0 Å². The van der Waals surface area contributed by atoms with Crippen LogP contribution in [0.25, 0.3) is 0 Å². The number of halogens is 4. The lowest BCUT2D eigenvalue weighted by Gasteiger charge is -2.34. The molecule has 1 aromatic carbocycles. The Labute approximate surface area is 156 Å². The zero-order valence-corrected chi connectivity index (χ0v) is 16.2. The molecule has 0 fully saturated rings. The second-order valence-electron chi connectivity index (χ2n) is 6.10. The highest BCUT2D eigenvalue weighted by Gasteiger charge is 2.39. The zero-order valence-electron chi connectivity index (χ0n) is 13.2. The molecule has 130 valence electrons. The van der Waals surface area contributed by atoms with Crippen LogP contribution in [-0.4, -0.2) is 28.9 Å². The van der Waals surface area contributed by atoms with Gasteiger partial charge in [0.2, 0.25) is 0 Å². The Morgan fingerprint density at radius 1 is 1.17 bits per heavy atom. The van der Waals surface area contributed by atoms with Gasteiger partial charge in [0.15, 0.2) is 0 Å². The van der Waals surface area contributed by atoms with E-state index in [2.05, 4.69) is 0 Å². The first-order valence-corrected chi connectivity index (χ1v) is 8.66. The van der Waals surface area contributed by atoms with E-state index in [1.807, 2.05) is 13.8 Å². The van der Waals surface area contributed by atoms with Crippen molar-refractivity contribution in [1.29, 1.82) is 0 Å². The van der Waals surface area contributed by atoms with E-state index in [-0.39, 0.29) is 12.8 Å². The lowest BCUT2D eigenvalue weighted by atomic mass is 9.81. The summed E-state index contributed by atoms with van der Waals surface area (Å²) in [5, 5.41) is 7.48. The summed E-state index contributed by atoms with van der Waals surface area (Å²) in [4.78, 5) is 10.9. The van der Waals surface area contributed by atoms with E-state index < -0.39 is 26.5 Å². The van der Waals surface area contributed by atoms with Crippen molar-refractivity contribution in [2.75, 3.05) is 7.11 Å². The van der Waals surface area contributed by atoms with Gasteiger partial charge in [0, 0.05) is 11.8 Å². The zero-order chi connectivity index (χ0) is 17.8. The molecular formula is C16H20Cl4O3. The van der Waals surface area contributed by atoms with Gasteiger partial charge in [-0.2, -0.15) is 0 Å². The van der Waals surface area contributed by atoms with Gasteiger partial charge in [0.1, 0.15) is 15.5 Å². The van der Waals surface area contributed by atoms with Crippen molar-refractivity contribution in [1.82, 2.24) is 0 Å².